The van der Waals surface area contributed by atoms with E-state index in [1.807, 2.05) is 24.3 Å². The molecular weight excluding hydrogens is 314 g/mol. The smallest absolute Gasteiger partial charge is 0.232 e. The van der Waals surface area contributed by atoms with E-state index in [0.29, 0.717) is 23.3 Å². The number of rotatable bonds is 4. The molecule has 0 atom stereocenters. The molecule has 2 heterocycles. The second-order valence-corrected chi connectivity index (χ2v) is 6.08. The highest BCUT2D eigenvalue weighted by Crippen LogP contribution is 2.18. The number of anilines is 3. The van der Waals surface area contributed by atoms with Crippen LogP contribution in [0.25, 0.3) is 0 Å². The fourth-order valence-corrected chi connectivity index (χ4v) is 2.66. The maximum atomic E-state index is 5.99. The quantitative estimate of drug-likeness (QED) is 0.879. The second kappa shape index (κ2) is 7.08. The number of halogens is 1. The molecular formula is C15H20ClN7. The van der Waals surface area contributed by atoms with Crippen LogP contribution in [0.4, 0.5) is 17.6 Å². The Morgan fingerprint density at radius 2 is 1.96 bits per heavy atom. The Balaban J connectivity index is 1.71. The summed E-state index contributed by atoms with van der Waals surface area (Å²) in [5.41, 5.74) is 6.63. The average Bonchev–Trinajstić information content (AvgIpc) is 2.49. The number of hydrogen-bond donors (Lipinski definition) is 2. The Hall–Kier alpha value is -1.96. The van der Waals surface area contributed by atoms with Gasteiger partial charge in [0, 0.05) is 36.9 Å². The Labute approximate surface area is 140 Å². The molecule has 0 amide bonds. The number of nitrogen functional groups attached to an aromatic ring is 1. The average molecular weight is 334 g/mol. The van der Waals surface area contributed by atoms with Gasteiger partial charge in [0.05, 0.1) is 6.54 Å². The summed E-state index contributed by atoms with van der Waals surface area (Å²) < 4.78 is 0. The Morgan fingerprint density at radius 1 is 1.17 bits per heavy atom. The van der Waals surface area contributed by atoms with Gasteiger partial charge in [0.2, 0.25) is 11.9 Å². The van der Waals surface area contributed by atoms with Crippen LogP contribution in [-0.2, 0) is 6.54 Å². The van der Waals surface area contributed by atoms with Crippen LogP contribution < -0.4 is 11.1 Å². The fraction of sp³-hybridized carbons (Fsp3) is 0.400. The van der Waals surface area contributed by atoms with Crippen molar-refractivity contribution in [2.75, 3.05) is 44.3 Å². The van der Waals surface area contributed by atoms with Gasteiger partial charge in [-0.25, -0.2) is 0 Å². The Morgan fingerprint density at radius 3 is 2.70 bits per heavy atom. The summed E-state index contributed by atoms with van der Waals surface area (Å²) in [4.78, 5) is 17.5. The molecule has 8 heteroatoms. The molecule has 7 nitrogen and oxygen atoms in total. The van der Waals surface area contributed by atoms with Gasteiger partial charge in [-0.2, -0.15) is 15.0 Å². The van der Waals surface area contributed by atoms with Crippen molar-refractivity contribution in [2.24, 2.45) is 0 Å². The molecule has 0 radical (unpaired) electrons. The number of nitrogens with two attached hydrogens (primary N) is 1. The standard InChI is InChI=1S/C15H20ClN7/c1-22-5-7-23(8-6-22)10-13-19-14(17)21-15(20-13)18-12-4-2-3-11(16)9-12/h2-4,9H,5-8,10H2,1H3,(H3,17,18,19,20,21). The van der Waals surface area contributed by atoms with Crippen molar-refractivity contribution in [3.63, 3.8) is 0 Å². The zero-order valence-electron chi connectivity index (χ0n) is 13.0. The van der Waals surface area contributed by atoms with Crippen molar-refractivity contribution in [1.29, 1.82) is 0 Å². The van der Waals surface area contributed by atoms with Crippen molar-refractivity contribution in [3.05, 3.63) is 35.1 Å². The van der Waals surface area contributed by atoms with Crippen LogP contribution in [0.15, 0.2) is 24.3 Å². The molecule has 1 aliphatic heterocycles. The molecule has 0 aliphatic carbocycles. The summed E-state index contributed by atoms with van der Waals surface area (Å²) in [5, 5.41) is 3.76. The first-order valence-corrected chi connectivity index (χ1v) is 7.90. The Bertz CT molecular complexity index is 671. The van der Waals surface area contributed by atoms with Crippen LogP contribution in [-0.4, -0.2) is 58.0 Å². The van der Waals surface area contributed by atoms with Crippen LogP contribution in [0.3, 0.4) is 0 Å². The Kier molecular flexibility index (Phi) is 4.90. The van der Waals surface area contributed by atoms with E-state index in [9.17, 15) is 0 Å². The second-order valence-electron chi connectivity index (χ2n) is 5.65. The third kappa shape index (κ3) is 4.51. The van der Waals surface area contributed by atoms with Crippen molar-refractivity contribution in [2.45, 2.75) is 6.54 Å². The number of nitrogens with zero attached hydrogens (tertiary/aromatic N) is 5. The van der Waals surface area contributed by atoms with Gasteiger partial charge in [-0.3, -0.25) is 4.90 Å². The molecule has 0 spiro atoms. The number of hydrogen-bond acceptors (Lipinski definition) is 7. The molecule has 1 aromatic carbocycles. The fourth-order valence-electron chi connectivity index (χ4n) is 2.47. The monoisotopic (exact) mass is 333 g/mol. The maximum Gasteiger partial charge on any atom is 0.232 e. The first kappa shape index (κ1) is 15.9. The molecule has 2 aromatic rings. The molecule has 3 rings (SSSR count). The number of piperazine rings is 1. The molecule has 1 aliphatic rings. The van der Waals surface area contributed by atoms with Gasteiger partial charge in [-0.05, 0) is 25.2 Å². The summed E-state index contributed by atoms with van der Waals surface area (Å²) in [6.45, 7) is 4.77. The lowest BCUT2D eigenvalue weighted by atomic mass is 10.3. The van der Waals surface area contributed by atoms with Gasteiger partial charge in [-0.15, -0.1) is 0 Å². The summed E-state index contributed by atoms with van der Waals surface area (Å²) in [6.07, 6.45) is 0. The summed E-state index contributed by atoms with van der Waals surface area (Å²) in [5.74, 6) is 1.32. The van der Waals surface area contributed by atoms with Crippen molar-refractivity contribution < 1.29 is 0 Å². The maximum absolute atomic E-state index is 5.99. The van der Waals surface area contributed by atoms with E-state index >= 15 is 0 Å². The zero-order valence-corrected chi connectivity index (χ0v) is 13.8. The van der Waals surface area contributed by atoms with E-state index in [1.165, 1.54) is 0 Å². The van der Waals surface area contributed by atoms with E-state index in [2.05, 4.69) is 37.1 Å². The minimum Gasteiger partial charge on any atom is -0.368 e. The summed E-state index contributed by atoms with van der Waals surface area (Å²) in [7, 11) is 2.13. The summed E-state index contributed by atoms with van der Waals surface area (Å²) in [6, 6.07) is 7.38. The molecule has 1 aromatic heterocycles. The predicted octanol–water partition coefficient (Wildman–Crippen LogP) is 1.60. The van der Waals surface area contributed by atoms with Crippen LogP contribution >= 0.6 is 11.6 Å². The van der Waals surface area contributed by atoms with Crippen molar-refractivity contribution >= 4 is 29.2 Å². The van der Waals surface area contributed by atoms with Crippen LogP contribution in [0.5, 0.6) is 0 Å². The normalized spacial score (nSPS) is 16.4. The number of likely N-dealkylation sites (N-methyl/N-ethyl adjacent to an activating group) is 1. The lowest BCUT2D eigenvalue weighted by molar-refractivity contribution is 0.145. The first-order valence-electron chi connectivity index (χ1n) is 7.52. The van der Waals surface area contributed by atoms with Gasteiger partial charge in [0.1, 0.15) is 5.82 Å². The highest BCUT2D eigenvalue weighted by molar-refractivity contribution is 6.30. The van der Waals surface area contributed by atoms with Gasteiger partial charge < -0.3 is 16.0 Å². The predicted molar refractivity (Wildman–Crippen MR) is 91.7 cm³/mol. The summed E-state index contributed by atoms with van der Waals surface area (Å²) >= 11 is 5.99. The molecule has 23 heavy (non-hydrogen) atoms. The lowest BCUT2D eigenvalue weighted by Gasteiger charge is -2.31. The van der Waals surface area contributed by atoms with E-state index in [-0.39, 0.29) is 5.95 Å². The van der Waals surface area contributed by atoms with Gasteiger partial charge in [-0.1, -0.05) is 17.7 Å². The molecule has 3 N–H and O–H groups in total. The molecule has 0 unspecified atom stereocenters. The highest BCUT2D eigenvalue weighted by atomic mass is 35.5. The minimum atomic E-state index is 0.216. The lowest BCUT2D eigenvalue weighted by Crippen LogP contribution is -2.44. The van der Waals surface area contributed by atoms with Crippen molar-refractivity contribution in [3.8, 4) is 0 Å². The van der Waals surface area contributed by atoms with Gasteiger partial charge >= 0.3 is 0 Å². The van der Waals surface area contributed by atoms with Crippen molar-refractivity contribution in [1.82, 2.24) is 24.8 Å². The largest absolute Gasteiger partial charge is 0.368 e. The van der Waals surface area contributed by atoms with E-state index in [4.69, 9.17) is 17.3 Å². The first-order chi connectivity index (χ1) is 11.1. The van der Waals surface area contributed by atoms with Crippen LogP contribution in [0, 0.1) is 0 Å². The van der Waals surface area contributed by atoms with E-state index in [1.54, 1.807) is 0 Å². The molecule has 122 valence electrons. The van der Waals surface area contributed by atoms with E-state index < -0.39 is 0 Å². The highest BCUT2D eigenvalue weighted by Gasteiger charge is 2.16. The SMILES string of the molecule is CN1CCN(Cc2nc(N)nc(Nc3cccc(Cl)c3)n2)CC1. The van der Waals surface area contributed by atoms with E-state index in [0.717, 1.165) is 31.9 Å². The number of benzene rings is 1. The molecule has 0 saturated carbocycles. The van der Waals surface area contributed by atoms with Gasteiger partial charge in [0.25, 0.3) is 0 Å². The molecule has 0 bridgehead atoms. The number of nitrogens with one attached hydrogen (secondary N) is 1. The van der Waals surface area contributed by atoms with Crippen LogP contribution in [0.2, 0.25) is 5.02 Å². The zero-order chi connectivity index (χ0) is 16.2. The minimum absolute atomic E-state index is 0.216. The molecule has 1 fully saturated rings. The third-order valence-corrected chi connectivity index (χ3v) is 3.98. The van der Waals surface area contributed by atoms with Crippen LogP contribution in [0.1, 0.15) is 5.82 Å². The van der Waals surface area contributed by atoms with Gasteiger partial charge in [0.15, 0.2) is 0 Å². The topological polar surface area (TPSA) is 83.2 Å². The third-order valence-electron chi connectivity index (χ3n) is 3.74. The number of aromatic nitrogens is 3. The molecule has 1 saturated heterocycles.